The highest BCUT2D eigenvalue weighted by Gasteiger charge is 2.12. The highest BCUT2D eigenvalue weighted by Crippen LogP contribution is 2.33. The Balaban J connectivity index is 2.25. The molecule has 0 aromatic heterocycles. The maximum Gasteiger partial charge on any atom is 0.0644 e. The van der Waals surface area contributed by atoms with Crippen molar-refractivity contribution in [1.29, 1.82) is 0 Å². The Bertz CT molecular complexity index is 601. The number of rotatable bonds is 3. The highest BCUT2D eigenvalue weighted by atomic mass is 79.9. The van der Waals surface area contributed by atoms with Crippen LogP contribution in [0.4, 0.5) is 5.69 Å². The van der Waals surface area contributed by atoms with Gasteiger partial charge in [0.2, 0.25) is 0 Å². The summed E-state index contributed by atoms with van der Waals surface area (Å²) >= 11 is 21.6. The standard InChI is InChI=1S/C14H11BrCl3N/c1-8(10-3-2-4-12(17)14(10)18)19-13-6-5-9(16)7-11(13)15/h2-8,19H,1H3. The molecule has 0 radical (unpaired) electrons. The lowest BCUT2D eigenvalue weighted by Crippen LogP contribution is -2.07. The van der Waals surface area contributed by atoms with Gasteiger partial charge in [0.1, 0.15) is 0 Å². The molecule has 2 aromatic carbocycles. The first-order valence-electron chi connectivity index (χ1n) is 5.64. The van der Waals surface area contributed by atoms with E-state index >= 15 is 0 Å². The summed E-state index contributed by atoms with van der Waals surface area (Å²) in [4.78, 5) is 0. The van der Waals surface area contributed by atoms with Crippen molar-refractivity contribution in [3.8, 4) is 0 Å². The molecule has 0 aliphatic rings. The molecular weight excluding hydrogens is 368 g/mol. The normalized spacial score (nSPS) is 12.3. The summed E-state index contributed by atoms with van der Waals surface area (Å²) in [5.74, 6) is 0. The fraction of sp³-hybridized carbons (Fsp3) is 0.143. The molecule has 0 spiro atoms. The smallest absolute Gasteiger partial charge is 0.0644 e. The summed E-state index contributed by atoms with van der Waals surface area (Å²) in [7, 11) is 0. The summed E-state index contributed by atoms with van der Waals surface area (Å²) in [5, 5.41) is 5.20. The van der Waals surface area contributed by atoms with Crippen molar-refractivity contribution in [1.82, 2.24) is 0 Å². The molecule has 2 rings (SSSR count). The van der Waals surface area contributed by atoms with Crippen LogP contribution in [0.2, 0.25) is 15.1 Å². The zero-order valence-electron chi connectivity index (χ0n) is 10.1. The van der Waals surface area contributed by atoms with Crippen LogP contribution in [0.3, 0.4) is 0 Å². The second kappa shape index (κ2) is 6.36. The minimum Gasteiger partial charge on any atom is -0.378 e. The maximum atomic E-state index is 6.21. The minimum atomic E-state index is 0.0312. The van der Waals surface area contributed by atoms with E-state index in [-0.39, 0.29) is 6.04 Å². The topological polar surface area (TPSA) is 12.0 Å². The van der Waals surface area contributed by atoms with Crippen LogP contribution < -0.4 is 5.32 Å². The van der Waals surface area contributed by atoms with Gasteiger partial charge in [0.05, 0.1) is 16.1 Å². The molecule has 5 heteroatoms. The lowest BCUT2D eigenvalue weighted by molar-refractivity contribution is 0.884. The van der Waals surface area contributed by atoms with E-state index in [1.807, 2.05) is 37.3 Å². The Morgan fingerprint density at radius 2 is 1.84 bits per heavy atom. The minimum absolute atomic E-state index is 0.0312. The fourth-order valence-electron chi connectivity index (χ4n) is 1.77. The molecule has 0 bridgehead atoms. The van der Waals surface area contributed by atoms with Crippen molar-refractivity contribution in [2.24, 2.45) is 0 Å². The van der Waals surface area contributed by atoms with Crippen LogP contribution in [0.5, 0.6) is 0 Å². The van der Waals surface area contributed by atoms with E-state index in [0.29, 0.717) is 15.1 Å². The first kappa shape index (κ1) is 15.0. The molecule has 0 aliphatic carbocycles. The van der Waals surface area contributed by atoms with Crippen molar-refractivity contribution in [2.45, 2.75) is 13.0 Å². The molecule has 100 valence electrons. The van der Waals surface area contributed by atoms with E-state index in [1.165, 1.54) is 0 Å². The van der Waals surface area contributed by atoms with Gasteiger partial charge in [0, 0.05) is 15.2 Å². The summed E-state index contributed by atoms with van der Waals surface area (Å²) < 4.78 is 0.907. The third kappa shape index (κ3) is 3.57. The predicted octanol–water partition coefficient (Wildman–Crippen LogP) is 6.58. The van der Waals surface area contributed by atoms with E-state index in [1.54, 1.807) is 6.07 Å². The number of halogens is 4. The Kier molecular flexibility index (Phi) is 5.02. The van der Waals surface area contributed by atoms with Gasteiger partial charge in [-0.15, -0.1) is 0 Å². The number of anilines is 1. The second-order valence-corrected chi connectivity index (χ2v) is 6.21. The molecule has 1 unspecified atom stereocenters. The van der Waals surface area contributed by atoms with E-state index in [2.05, 4.69) is 21.2 Å². The van der Waals surface area contributed by atoms with Gasteiger partial charge in [-0.1, -0.05) is 46.9 Å². The molecule has 0 fully saturated rings. The molecule has 2 aromatic rings. The molecule has 0 saturated heterocycles. The molecule has 1 N–H and O–H groups in total. The van der Waals surface area contributed by atoms with Gasteiger partial charge in [-0.05, 0) is 52.7 Å². The maximum absolute atomic E-state index is 6.21. The number of hydrogen-bond donors (Lipinski definition) is 1. The van der Waals surface area contributed by atoms with E-state index < -0.39 is 0 Å². The summed E-state index contributed by atoms with van der Waals surface area (Å²) in [5.41, 5.74) is 1.91. The van der Waals surface area contributed by atoms with Crippen LogP contribution in [-0.4, -0.2) is 0 Å². The van der Waals surface area contributed by atoms with Crippen LogP contribution in [0.1, 0.15) is 18.5 Å². The zero-order chi connectivity index (χ0) is 14.0. The van der Waals surface area contributed by atoms with Crippen LogP contribution in [-0.2, 0) is 0 Å². The summed E-state index contributed by atoms with van der Waals surface area (Å²) in [6, 6.07) is 11.2. The lowest BCUT2D eigenvalue weighted by atomic mass is 10.1. The zero-order valence-corrected chi connectivity index (χ0v) is 13.9. The largest absolute Gasteiger partial charge is 0.378 e. The average Bonchev–Trinajstić information content (AvgIpc) is 2.36. The van der Waals surface area contributed by atoms with Gasteiger partial charge < -0.3 is 5.32 Å². The number of nitrogens with one attached hydrogen (secondary N) is 1. The molecule has 19 heavy (non-hydrogen) atoms. The number of benzene rings is 2. The van der Waals surface area contributed by atoms with Gasteiger partial charge in [-0.2, -0.15) is 0 Å². The first-order valence-corrected chi connectivity index (χ1v) is 7.57. The van der Waals surface area contributed by atoms with Crippen LogP contribution in [0, 0.1) is 0 Å². The Hall–Kier alpha value is -0.410. The molecule has 1 atom stereocenters. The highest BCUT2D eigenvalue weighted by molar-refractivity contribution is 9.10. The average molecular weight is 380 g/mol. The second-order valence-electron chi connectivity index (χ2n) is 4.13. The Labute approximate surface area is 136 Å². The monoisotopic (exact) mass is 377 g/mol. The molecule has 0 heterocycles. The van der Waals surface area contributed by atoms with Crippen molar-refractivity contribution < 1.29 is 0 Å². The van der Waals surface area contributed by atoms with Gasteiger partial charge >= 0.3 is 0 Å². The predicted molar refractivity (Wildman–Crippen MR) is 87.7 cm³/mol. The molecule has 1 nitrogen and oxygen atoms in total. The molecule has 0 saturated carbocycles. The Morgan fingerprint density at radius 1 is 1.11 bits per heavy atom. The summed E-state index contributed by atoms with van der Waals surface area (Å²) in [6.45, 7) is 2.03. The van der Waals surface area contributed by atoms with Gasteiger partial charge in [0.15, 0.2) is 0 Å². The van der Waals surface area contributed by atoms with Crippen molar-refractivity contribution in [3.05, 3.63) is 61.5 Å². The van der Waals surface area contributed by atoms with Crippen molar-refractivity contribution in [3.63, 3.8) is 0 Å². The van der Waals surface area contributed by atoms with Gasteiger partial charge in [-0.25, -0.2) is 0 Å². The van der Waals surface area contributed by atoms with Crippen LogP contribution in [0.25, 0.3) is 0 Å². The number of hydrogen-bond acceptors (Lipinski definition) is 1. The Morgan fingerprint density at radius 3 is 2.53 bits per heavy atom. The van der Waals surface area contributed by atoms with Crippen molar-refractivity contribution in [2.75, 3.05) is 5.32 Å². The third-order valence-corrected chi connectivity index (χ3v) is 4.48. The molecular formula is C14H11BrCl3N. The van der Waals surface area contributed by atoms with Gasteiger partial charge in [0.25, 0.3) is 0 Å². The summed E-state index contributed by atoms with van der Waals surface area (Å²) in [6.07, 6.45) is 0. The molecule has 0 aliphatic heterocycles. The lowest BCUT2D eigenvalue weighted by Gasteiger charge is -2.18. The van der Waals surface area contributed by atoms with Crippen LogP contribution in [0.15, 0.2) is 40.9 Å². The van der Waals surface area contributed by atoms with E-state index in [9.17, 15) is 0 Å². The fourth-order valence-corrected chi connectivity index (χ4v) is 3.04. The van der Waals surface area contributed by atoms with Crippen molar-refractivity contribution >= 4 is 56.4 Å². The van der Waals surface area contributed by atoms with E-state index in [4.69, 9.17) is 34.8 Å². The third-order valence-electron chi connectivity index (χ3n) is 2.75. The first-order chi connectivity index (χ1) is 8.99. The quantitative estimate of drug-likeness (QED) is 0.635. The van der Waals surface area contributed by atoms with E-state index in [0.717, 1.165) is 15.7 Å². The van der Waals surface area contributed by atoms with Crippen LogP contribution >= 0.6 is 50.7 Å². The SMILES string of the molecule is CC(Nc1ccc(Cl)cc1Br)c1cccc(Cl)c1Cl. The van der Waals surface area contributed by atoms with Gasteiger partial charge in [-0.3, -0.25) is 0 Å². The molecule has 0 amide bonds.